The number of non-ortho nitro benzene ring substituents is 1. The number of hydrogen-bond acceptors (Lipinski definition) is 6. The number of nitro groups is 1. The van der Waals surface area contributed by atoms with E-state index in [-0.39, 0.29) is 17.2 Å². The molecule has 0 amide bonds. The van der Waals surface area contributed by atoms with Crippen molar-refractivity contribution in [1.82, 2.24) is 0 Å². The lowest BCUT2D eigenvalue weighted by Gasteiger charge is -2.30. The van der Waals surface area contributed by atoms with E-state index in [1.165, 1.54) is 13.8 Å². The molecule has 2 rings (SSSR count). The normalized spacial score (nSPS) is 19.8. The van der Waals surface area contributed by atoms with Crippen LogP contribution < -0.4 is 5.73 Å². The van der Waals surface area contributed by atoms with Crippen LogP contribution in [0.3, 0.4) is 0 Å². The van der Waals surface area contributed by atoms with Crippen LogP contribution in [0, 0.1) is 33.2 Å². The summed E-state index contributed by atoms with van der Waals surface area (Å²) in [6.07, 6.45) is 1.27. The number of nitro benzene ring substituents is 1. The molecule has 1 aliphatic carbocycles. The second-order valence-electron chi connectivity index (χ2n) is 6.59. The zero-order chi connectivity index (χ0) is 18.3. The lowest BCUT2D eigenvalue weighted by molar-refractivity contribution is -0.385. The fraction of sp³-hybridized carbons (Fsp3) is 0.533. The van der Waals surface area contributed by atoms with Crippen molar-refractivity contribution in [3.8, 4) is 6.07 Å². The van der Waals surface area contributed by atoms with Gasteiger partial charge in [0.2, 0.25) is 0 Å². The second kappa shape index (κ2) is 5.79. The molecule has 0 bridgehead atoms. The highest BCUT2D eigenvalue weighted by Gasteiger charge is 2.53. The number of benzene rings is 1. The van der Waals surface area contributed by atoms with Gasteiger partial charge in [-0.3, -0.25) is 10.1 Å². The van der Waals surface area contributed by atoms with Gasteiger partial charge in [0.05, 0.1) is 22.3 Å². The molecular formula is C15H18FN3O4S. The van der Waals surface area contributed by atoms with Crippen molar-refractivity contribution in [2.24, 2.45) is 11.7 Å². The average Bonchev–Trinajstić information content (AvgIpc) is 3.29. The fourth-order valence-corrected chi connectivity index (χ4v) is 4.86. The summed E-state index contributed by atoms with van der Waals surface area (Å²) in [7, 11) is -3.99. The van der Waals surface area contributed by atoms with Crippen molar-refractivity contribution >= 4 is 15.5 Å². The molecule has 1 aromatic carbocycles. The van der Waals surface area contributed by atoms with Crippen molar-refractivity contribution < 1.29 is 17.7 Å². The zero-order valence-electron chi connectivity index (χ0n) is 13.3. The van der Waals surface area contributed by atoms with E-state index in [2.05, 4.69) is 0 Å². The van der Waals surface area contributed by atoms with Crippen LogP contribution in [0.15, 0.2) is 18.2 Å². The number of nitriles is 1. The molecule has 7 nitrogen and oxygen atoms in total. The summed E-state index contributed by atoms with van der Waals surface area (Å²) in [5.41, 5.74) is 3.66. The Morgan fingerprint density at radius 3 is 2.50 bits per heavy atom. The van der Waals surface area contributed by atoms with Gasteiger partial charge in [0, 0.05) is 17.7 Å². The van der Waals surface area contributed by atoms with Crippen LogP contribution in [0.2, 0.25) is 0 Å². The van der Waals surface area contributed by atoms with E-state index in [0.717, 1.165) is 18.2 Å². The van der Waals surface area contributed by atoms with E-state index in [4.69, 9.17) is 5.73 Å². The number of halogens is 1. The number of rotatable bonds is 6. The minimum absolute atomic E-state index is 0.266. The third-order valence-corrected chi connectivity index (χ3v) is 7.19. The summed E-state index contributed by atoms with van der Waals surface area (Å²) in [4.78, 5) is 10.1. The maximum Gasteiger partial charge on any atom is 0.269 e. The minimum Gasteiger partial charge on any atom is -0.321 e. The molecule has 130 valence electrons. The molecule has 0 aliphatic heterocycles. The summed E-state index contributed by atoms with van der Waals surface area (Å²) in [5.74, 6) is -1.78. The van der Waals surface area contributed by atoms with Gasteiger partial charge in [-0.1, -0.05) is 0 Å². The minimum atomic E-state index is -3.99. The third-order valence-electron chi connectivity index (χ3n) is 4.49. The van der Waals surface area contributed by atoms with E-state index in [9.17, 15) is 28.2 Å². The lowest BCUT2D eigenvalue weighted by atomic mass is 9.94. The average molecular weight is 355 g/mol. The Morgan fingerprint density at radius 1 is 1.46 bits per heavy atom. The van der Waals surface area contributed by atoms with Crippen LogP contribution in [-0.4, -0.2) is 23.8 Å². The topological polar surface area (TPSA) is 127 Å². The molecule has 1 saturated carbocycles. The SMILES string of the molecule is CC(C#N)(C1CC1)S(=O)(=O)C[C@](C)(N)c1cc([N+](=O)[O-])ccc1F. The van der Waals surface area contributed by atoms with Crippen molar-refractivity contribution in [3.63, 3.8) is 0 Å². The largest absolute Gasteiger partial charge is 0.321 e. The summed E-state index contributed by atoms with van der Waals surface area (Å²) in [6, 6.07) is 4.65. The Morgan fingerprint density at radius 2 is 2.04 bits per heavy atom. The van der Waals surface area contributed by atoms with E-state index in [1.54, 1.807) is 0 Å². The van der Waals surface area contributed by atoms with Gasteiger partial charge >= 0.3 is 0 Å². The Labute approximate surface area is 139 Å². The number of nitrogens with zero attached hydrogens (tertiary/aromatic N) is 2. The molecule has 1 fully saturated rings. The first-order chi connectivity index (χ1) is 10.9. The van der Waals surface area contributed by atoms with Gasteiger partial charge in [-0.25, -0.2) is 12.8 Å². The highest BCUT2D eigenvalue weighted by atomic mass is 32.2. The maximum atomic E-state index is 14.1. The van der Waals surface area contributed by atoms with Crippen molar-refractivity contribution in [3.05, 3.63) is 39.7 Å². The molecule has 1 aliphatic rings. The van der Waals surface area contributed by atoms with Crippen molar-refractivity contribution in [2.75, 3.05) is 5.75 Å². The standard InChI is InChI=1S/C15H18FN3O4S/c1-14(18,12-7-11(19(20)21)5-6-13(12)16)9-24(22,23)15(2,8-17)10-3-4-10/h5-7,10H,3-4,9,18H2,1-2H3/t14-,15?/m0/s1. The van der Waals surface area contributed by atoms with Crippen LogP contribution in [0.1, 0.15) is 32.3 Å². The zero-order valence-corrected chi connectivity index (χ0v) is 14.1. The maximum absolute atomic E-state index is 14.1. The van der Waals surface area contributed by atoms with Gasteiger partial charge in [-0.05, 0) is 38.7 Å². The summed E-state index contributed by atoms with van der Waals surface area (Å²) < 4.78 is 37.9. The molecule has 1 unspecified atom stereocenters. The van der Waals surface area contributed by atoms with Crippen LogP contribution in [0.4, 0.5) is 10.1 Å². The van der Waals surface area contributed by atoms with E-state index >= 15 is 0 Å². The first-order valence-electron chi connectivity index (χ1n) is 7.31. The van der Waals surface area contributed by atoms with Crippen LogP contribution in [0.5, 0.6) is 0 Å². The smallest absolute Gasteiger partial charge is 0.269 e. The van der Waals surface area contributed by atoms with Crippen LogP contribution >= 0.6 is 0 Å². The van der Waals surface area contributed by atoms with E-state index in [1.807, 2.05) is 6.07 Å². The van der Waals surface area contributed by atoms with Gasteiger partial charge < -0.3 is 5.73 Å². The predicted octanol–water partition coefficient (Wildman–Crippen LogP) is 2.01. The molecule has 0 heterocycles. The Hall–Kier alpha value is -2.05. The quantitative estimate of drug-likeness (QED) is 0.614. The fourth-order valence-electron chi connectivity index (χ4n) is 2.74. The van der Waals surface area contributed by atoms with Crippen LogP contribution in [0.25, 0.3) is 0 Å². The highest BCUT2D eigenvalue weighted by molar-refractivity contribution is 7.93. The molecule has 1 aromatic rings. The Bertz CT molecular complexity index is 828. The summed E-state index contributed by atoms with van der Waals surface area (Å²) in [6.45, 7) is 2.64. The molecule has 24 heavy (non-hydrogen) atoms. The van der Waals surface area contributed by atoms with Gasteiger partial charge in [0.15, 0.2) is 14.6 Å². The van der Waals surface area contributed by atoms with E-state index in [0.29, 0.717) is 12.8 Å². The molecule has 0 aromatic heterocycles. The van der Waals surface area contributed by atoms with Gasteiger partial charge in [-0.2, -0.15) is 5.26 Å². The molecule has 2 N–H and O–H groups in total. The van der Waals surface area contributed by atoms with Gasteiger partial charge in [0.1, 0.15) is 5.82 Å². The molecule has 0 spiro atoms. The summed E-state index contributed by atoms with van der Waals surface area (Å²) >= 11 is 0. The molecule has 2 atom stereocenters. The molecular weight excluding hydrogens is 337 g/mol. The molecule has 0 radical (unpaired) electrons. The molecule has 0 saturated heterocycles. The van der Waals surface area contributed by atoms with Crippen molar-refractivity contribution in [1.29, 1.82) is 5.26 Å². The first kappa shape index (κ1) is 18.3. The number of nitrogens with two attached hydrogens (primary N) is 1. The number of sulfone groups is 1. The Kier molecular flexibility index (Phi) is 4.41. The van der Waals surface area contributed by atoms with Gasteiger partial charge in [-0.15, -0.1) is 0 Å². The third kappa shape index (κ3) is 3.12. The number of hydrogen-bond donors (Lipinski definition) is 1. The van der Waals surface area contributed by atoms with Crippen LogP contribution in [-0.2, 0) is 15.4 Å². The summed E-state index contributed by atoms with van der Waals surface area (Å²) in [5, 5.41) is 20.2. The van der Waals surface area contributed by atoms with Crippen molar-refractivity contribution in [2.45, 2.75) is 37.0 Å². The monoisotopic (exact) mass is 355 g/mol. The second-order valence-corrected chi connectivity index (χ2v) is 8.96. The van der Waals surface area contributed by atoms with Gasteiger partial charge in [0.25, 0.3) is 5.69 Å². The lowest BCUT2D eigenvalue weighted by Crippen LogP contribution is -2.48. The first-order valence-corrected chi connectivity index (χ1v) is 8.97. The highest BCUT2D eigenvalue weighted by Crippen LogP contribution is 2.45. The van der Waals surface area contributed by atoms with E-state index < -0.39 is 36.6 Å². The Balaban J connectivity index is 2.43. The predicted molar refractivity (Wildman–Crippen MR) is 85.1 cm³/mol. The molecule has 9 heteroatoms.